The summed E-state index contributed by atoms with van der Waals surface area (Å²) >= 11 is 3.53. The van der Waals surface area contributed by atoms with Gasteiger partial charge in [0, 0.05) is 24.1 Å². The Morgan fingerprint density at radius 1 is 1.29 bits per heavy atom. The summed E-state index contributed by atoms with van der Waals surface area (Å²) in [4.78, 5) is 2.45. The Bertz CT molecular complexity index is 325. The van der Waals surface area contributed by atoms with E-state index in [2.05, 4.69) is 58.9 Å². The Morgan fingerprint density at radius 3 is 2.50 bits per heavy atom. The number of hydrogen-bond acceptors (Lipinski definition) is 1. The predicted molar refractivity (Wildman–Crippen MR) is 65.1 cm³/mol. The minimum atomic E-state index is 0.499. The molecular formula is C12H16BrN. The summed E-state index contributed by atoms with van der Waals surface area (Å²) in [7, 11) is 0. The Balaban J connectivity index is 2.18. The van der Waals surface area contributed by atoms with Crippen molar-refractivity contribution in [3.8, 4) is 0 Å². The lowest BCUT2D eigenvalue weighted by Gasteiger charge is -2.48. The molecule has 1 heterocycles. The van der Waals surface area contributed by atoms with E-state index in [-0.39, 0.29) is 0 Å². The second-order valence-corrected chi connectivity index (χ2v) is 5.34. The molecule has 0 amide bonds. The summed E-state index contributed by atoms with van der Waals surface area (Å²) in [6.07, 6.45) is 0. The second kappa shape index (κ2) is 3.58. The molecule has 0 atom stereocenters. The molecule has 0 bridgehead atoms. The lowest BCUT2D eigenvalue weighted by atomic mass is 9.84. The highest BCUT2D eigenvalue weighted by molar-refractivity contribution is 9.08. The zero-order valence-electron chi connectivity index (χ0n) is 8.76. The van der Waals surface area contributed by atoms with Crippen molar-refractivity contribution in [3.63, 3.8) is 0 Å². The second-order valence-electron chi connectivity index (χ2n) is 4.78. The van der Waals surface area contributed by atoms with Crippen LogP contribution in [-0.2, 0) is 5.33 Å². The third kappa shape index (κ3) is 1.81. The largest absolute Gasteiger partial charge is 0.370 e. The number of rotatable bonds is 2. The van der Waals surface area contributed by atoms with E-state index in [0.717, 1.165) is 5.33 Å². The normalized spacial score (nSPS) is 19.2. The van der Waals surface area contributed by atoms with Crippen LogP contribution >= 0.6 is 15.9 Å². The topological polar surface area (TPSA) is 3.24 Å². The molecule has 0 unspecified atom stereocenters. The molecule has 1 saturated heterocycles. The van der Waals surface area contributed by atoms with Crippen molar-refractivity contribution in [1.82, 2.24) is 0 Å². The van der Waals surface area contributed by atoms with Crippen molar-refractivity contribution in [1.29, 1.82) is 0 Å². The summed E-state index contributed by atoms with van der Waals surface area (Å²) < 4.78 is 0. The van der Waals surface area contributed by atoms with Crippen LogP contribution in [0, 0.1) is 5.41 Å². The van der Waals surface area contributed by atoms with Crippen molar-refractivity contribution >= 4 is 21.6 Å². The molecule has 1 fully saturated rings. The number of benzene rings is 1. The molecule has 0 aromatic heterocycles. The maximum atomic E-state index is 3.53. The number of nitrogens with zero attached hydrogens (tertiary/aromatic N) is 1. The van der Waals surface area contributed by atoms with E-state index in [0.29, 0.717) is 5.41 Å². The number of halogens is 1. The van der Waals surface area contributed by atoms with E-state index < -0.39 is 0 Å². The molecule has 0 N–H and O–H groups in total. The molecule has 2 heteroatoms. The van der Waals surface area contributed by atoms with Gasteiger partial charge in [0.25, 0.3) is 0 Å². The van der Waals surface area contributed by atoms with Crippen molar-refractivity contribution in [3.05, 3.63) is 29.8 Å². The van der Waals surface area contributed by atoms with Crippen LogP contribution in [0.1, 0.15) is 19.4 Å². The van der Waals surface area contributed by atoms with Crippen LogP contribution in [0.4, 0.5) is 5.69 Å². The zero-order valence-corrected chi connectivity index (χ0v) is 10.3. The lowest BCUT2D eigenvalue weighted by Crippen LogP contribution is -2.53. The minimum absolute atomic E-state index is 0.499. The van der Waals surface area contributed by atoms with Gasteiger partial charge < -0.3 is 4.90 Å². The number of para-hydroxylation sites is 1. The maximum Gasteiger partial charge on any atom is 0.0407 e. The van der Waals surface area contributed by atoms with Gasteiger partial charge in [0.2, 0.25) is 0 Å². The van der Waals surface area contributed by atoms with Gasteiger partial charge in [0.1, 0.15) is 0 Å². The van der Waals surface area contributed by atoms with Gasteiger partial charge >= 0.3 is 0 Å². The van der Waals surface area contributed by atoms with E-state index in [1.807, 2.05) is 0 Å². The number of anilines is 1. The maximum absolute atomic E-state index is 3.53. The molecular weight excluding hydrogens is 238 g/mol. The molecule has 1 aromatic carbocycles. The van der Waals surface area contributed by atoms with E-state index in [1.165, 1.54) is 24.3 Å². The molecule has 0 spiro atoms. The van der Waals surface area contributed by atoms with E-state index in [4.69, 9.17) is 0 Å². The molecule has 1 aliphatic heterocycles. The minimum Gasteiger partial charge on any atom is -0.370 e. The predicted octanol–water partition coefficient (Wildman–Crippen LogP) is 3.43. The van der Waals surface area contributed by atoms with Crippen LogP contribution < -0.4 is 4.90 Å². The molecule has 0 saturated carbocycles. The Hall–Kier alpha value is -0.500. The van der Waals surface area contributed by atoms with Crippen LogP contribution in [0.3, 0.4) is 0 Å². The quantitative estimate of drug-likeness (QED) is 0.731. The average molecular weight is 254 g/mol. The standard InChI is InChI=1S/C12H16BrN/c1-12(2)8-14(9-12)11-6-4-3-5-10(11)7-13/h3-6H,7-9H2,1-2H3. The number of alkyl halides is 1. The average Bonchev–Trinajstić information content (AvgIpc) is 2.14. The number of hydrogen-bond donors (Lipinski definition) is 0. The fraction of sp³-hybridized carbons (Fsp3) is 0.500. The highest BCUT2D eigenvalue weighted by Gasteiger charge is 2.34. The van der Waals surface area contributed by atoms with E-state index in [1.54, 1.807) is 0 Å². The first kappa shape index (κ1) is 10.0. The fourth-order valence-corrected chi connectivity index (χ4v) is 2.56. The summed E-state index contributed by atoms with van der Waals surface area (Å²) in [6.45, 7) is 6.99. The van der Waals surface area contributed by atoms with Crippen molar-refractivity contribution in [2.75, 3.05) is 18.0 Å². The van der Waals surface area contributed by atoms with E-state index >= 15 is 0 Å². The fourth-order valence-electron chi connectivity index (χ4n) is 2.09. The lowest BCUT2D eigenvalue weighted by molar-refractivity contribution is 0.276. The first-order chi connectivity index (χ1) is 6.62. The molecule has 76 valence electrons. The Kier molecular flexibility index (Phi) is 2.56. The van der Waals surface area contributed by atoms with Gasteiger partial charge in [0.05, 0.1) is 0 Å². The monoisotopic (exact) mass is 253 g/mol. The third-order valence-electron chi connectivity index (χ3n) is 2.71. The molecule has 0 aliphatic carbocycles. The van der Waals surface area contributed by atoms with Gasteiger partial charge in [-0.15, -0.1) is 0 Å². The van der Waals surface area contributed by atoms with Crippen LogP contribution in [-0.4, -0.2) is 13.1 Å². The highest BCUT2D eigenvalue weighted by atomic mass is 79.9. The van der Waals surface area contributed by atoms with Crippen LogP contribution in [0.2, 0.25) is 0 Å². The van der Waals surface area contributed by atoms with Crippen LogP contribution in [0.15, 0.2) is 24.3 Å². The smallest absolute Gasteiger partial charge is 0.0407 e. The summed E-state index contributed by atoms with van der Waals surface area (Å²) in [5.41, 5.74) is 3.28. The molecule has 14 heavy (non-hydrogen) atoms. The zero-order chi connectivity index (χ0) is 10.2. The highest BCUT2D eigenvalue weighted by Crippen LogP contribution is 2.35. The third-order valence-corrected chi connectivity index (χ3v) is 3.32. The molecule has 2 rings (SSSR count). The van der Waals surface area contributed by atoms with Crippen molar-refractivity contribution in [2.24, 2.45) is 5.41 Å². The van der Waals surface area contributed by atoms with Gasteiger partial charge in [-0.05, 0) is 17.0 Å². The van der Waals surface area contributed by atoms with Gasteiger partial charge in [-0.2, -0.15) is 0 Å². The van der Waals surface area contributed by atoms with Crippen LogP contribution in [0.5, 0.6) is 0 Å². The summed E-state index contributed by atoms with van der Waals surface area (Å²) in [5.74, 6) is 0. The molecule has 0 radical (unpaired) electrons. The van der Waals surface area contributed by atoms with Crippen molar-refractivity contribution in [2.45, 2.75) is 19.2 Å². The van der Waals surface area contributed by atoms with Crippen molar-refractivity contribution < 1.29 is 0 Å². The molecule has 1 aromatic rings. The first-order valence-corrected chi connectivity index (χ1v) is 6.13. The Labute approximate surface area is 94.2 Å². The van der Waals surface area contributed by atoms with Gasteiger partial charge in [0.15, 0.2) is 0 Å². The van der Waals surface area contributed by atoms with Gasteiger partial charge in [-0.25, -0.2) is 0 Å². The molecule has 1 aliphatic rings. The van der Waals surface area contributed by atoms with Crippen LogP contribution in [0.25, 0.3) is 0 Å². The van der Waals surface area contributed by atoms with Gasteiger partial charge in [-0.1, -0.05) is 48.0 Å². The Morgan fingerprint density at radius 2 is 1.93 bits per heavy atom. The SMILES string of the molecule is CC1(C)CN(c2ccccc2CBr)C1. The summed E-state index contributed by atoms with van der Waals surface area (Å²) in [5, 5.41) is 0.945. The molecule has 1 nitrogen and oxygen atoms in total. The van der Waals surface area contributed by atoms with E-state index in [9.17, 15) is 0 Å². The first-order valence-electron chi connectivity index (χ1n) is 5.01. The van der Waals surface area contributed by atoms with Gasteiger partial charge in [-0.3, -0.25) is 0 Å². The summed E-state index contributed by atoms with van der Waals surface area (Å²) in [6, 6.07) is 8.62.